The van der Waals surface area contributed by atoms with Gasteiger partial charge in [-0.3, -0.25) is 4.79 Å². The van der Waals surface area contributed by atoms with Gasteiger partial charge in [-0.2, -0.15) is 0 Å². The lowest BCUT2D eigenvalue weighted by Gasteiger charge is -2.30. The molecule has 184 valence electrons. The SMILES string of the molecule is COCC(C)N(C)C(=O)C1CCc2c(sc3ncnc(Nc4cc5c(cc4OC)NCC=C5)c23)C1. The fraction of sp³-hybridized carbons (Fsp3) is 0.423. The number of rotatable bonds is 7. The average Bonchev–Trinajstić information content (AvgIpc) is 3.26. The summed E-state index contributed by atoms with van der Waals surface area (Å²) in [7, 11) is 5.21. The molecule has 35 heavy (non-hydrogen) atoms. The largest absolute Gasteiger partial charge is 0.494 e. The number of anilines is 3. The Labute approximate surface area is 209 Å². The summed E-state index contributed by atoms with van der Waals surface area (Å²) >= 11 is 1.67. The van der Waals surface area contributed by atoms with E-state index >= 15 is 0 Å². The second-order valence-corrected chi connectivity index (χ2v) is 10.2. The molecule has 0 saturated carbocycles. The Morgan fingerprint density at radius 3 is 3.00 bits per heavy atom. The Balaban J connectivity index is 1.44. The van der Waals surface area contributed by atoms with Crippen molar-refractivity contribution in [3.05, 3.63) is 40.5 Å². The first-order chi connectivity index (χ1) is 17.0. The number of thiophene rings is 1. The Morgan fingerprint density at radius 2 is 2.20 bits per heavy atom. The minimum absolute atomic E-state index is 0.0238. The van der Waals surface area contributed by atoms with Gasteiger partial charge in [0.05, 0.1) is 30.8 Å². The van der Waals surface area contributed by atoms with E-state index in [4.69, 9.17) is 9.47 Å². The van der Waals surface area contributed by atoms with Crippen molar-refractivity contribution < 1.29 is 14.3 Å². The first kappa shape index (κ1) is 23.6. The van der Waals surface area contributed by atoms with Gasteiger partial charge in [-0.1, -0.05) is 12.2 Å². The van der Waals surface area contributed by atoms with Crippen LogP contribution in [0.3, 0.4) is 0 Å². The molecule has 2 unspecified atom stereocenters. The predicted molar refractivity (Wildman–Crippen MR) is 141 cm³/mol. The highest BCUT2D eigenvalue weighted by Gasteiger charge is 2.32. The number of fused-ring (bicyclic) bond motifs is 4. The Bertz CT molecular complexity index is 1290. The van der Waals surface area contributed by atoms with Gasteiger partial charge in [-0.05, 0) is 43.4 Å². The zero-order valence-electron chi connectivity index (χ0n) is 20.6. The maximum Gasteiger partial charge on any atom is 0.226 e. The van der Waals surface area contributed by atoms with Crippen LogP contribution in [0.1, 0.15) is 29.3 Å². The van der Waals surface area contributed by atoms with Crippen LogP contribution < -0.4 is 15.4 Å². The van der Waals surface area contributed by atoms with Crippen LogP contribution in [0.2, 0.25) is 0 Å². The molecule has 0 fully saturated rings. The smallest absolute Gasteiger partial charge is 0.226 e. The van der Waals surface area contributed by atoms with E-state index in [-0.39, 0.29) is 17.9 Å². The van der Waals surface area contributed by atoms with Crippen molar-refractivity contribution in [2.75, 3.05) is 45.1 Å². The second-order valence-electron chi connectivity index (χ2n) is 9.15. The maximum absolute atomic E-state index is 13.1. The number of aromatic nitrogens is 2. The number of carbonyl (C=O) groups is 1. The molecule has 0 radical (unpaired) electrons. The Morgan fingerprint density at radius 1 is 1.34 bits per heavy atom. The van der Waals surface area contributed by atoms with Crippen molar-refractivity contribution in [2.24, 2.45) is 5.92 Å². The van der Waals surface area contributed by atoms with E-state index in [0.717, 1.165) is 64.5 Å². The van der Waals surface area contributed by atoms with Gasteiger partial charge in [0.1, 0.15) is 22.7 Å². The molecule has 5 rings (SSSR count). The standard InChI is InChI=1S/C26H31N5O3S/c1-15(13-33-3)31(2)26(32)17-7-8-18-22(11-17)35-25-23(18)24(28-14-29-25)30-20-10-16-6-5-9-27-19(16)12-21(20)34-4/h5-6,10,12,14-15,17,27H,7-9,11,13H2,1-4H3,(H,28,29,30). The van der Waals surface area contributed by atoms with E-state index < -0.39 is 0 Å². The molecule has 2 aliphatic rings. The number of likely N-dealkylation sites (N-methyl/N-ethyl adjacent to an activating group) is 1. The molecule has 0 saturated heterocycles. The number of methoxy groups -OCH3 is 2. The molecule has 0 bridgehead atoms. The molecule has 9 heteroatoms. The summed E-state index contributed by atoms with van der Waals surface area (Å²) in [5.74, 6) is 1.68. The minimum Gasteiger partial charge on any atom is -0.494 e. The fourth-order valence-corrected chi connectivity index (χ4v) is 6.18. The van der Waals surface area contributed by atoms with Crippen molar-refractivity contribution in [1.29, 1.82) is 0 Å². The van der Waals surface area contributed by atoms with Gasteiger partial charge < -0.3 is 25.0 Å². The zero-order chi connectivity index (χ0) is 24.5. The maximum atomic E-state index is 13.1. The minimum atomic E-state index is -0.0238. The number of hydrogen-bond donors (Lipinski definition) is 2. The molecule has 1 amide bonds. The molecule has 8 nitrogen and oxygen atoms in total. The Kier molecular flexibility index (Phi) is 6.62. The van der Waals surface area contributed by atoms with Crippen LogP contribution in [-0.2, 0) is 22.4 Å². The van der Waals surface area contributed by atoms with Gasteiger partial charge >= 0.3 is 0 Å². The van der Waals surface area contributed by atoms with Crippen molar-refractivity contribution in [2.45, 2.75) is 32.2 Å². The molecule has 3 aromatic rings. The van der Waals surface area contributed by atoms with Crippen LogP contribution >= 0.6 is 11.3 Å². The van der Waals surface area contributed by atoms with Crippen LogP contribution in [0.5, 0.6) is 5.75 Å². The quantitative estimate of drug-likeness (QED) is 0.502. The van der Waals surface area contributed by atoms with Gasteiger partial charge in [0, 0.05) is 43.3 Å². The molecule has 0 spiro atoms. The van der Waals surface area contributed by atoms with Gasteiger partial charge in [0.25, 0.3) is 0 Å². The van der Waals surface area contributed by atoms with Crippen molar-refractivity contribution >= 4 is 50.7 Å². The Hall–Kier alpha value is -3.17. The van der Waals surface area contributed by atoms with Crippen LogP contribution in [0.25, 0.3) is 16.3 Å². The lowest BCUT2D eigenvalue weighted by atomic mass is 9.86. The summed E-state index contributed by atoms with van der Waals surface area (Å²) in [5.41, 5.74) is 4.27. The number of benzene rings is 1. The van der Waals surface area contributed by atoms with Gasteiger partial charge in [0.2, 0.25) is 5.91 Å². The highest BCUT2D eigenvalue weighted by Crippen LogP contribution is 2.42. The number of nitrogens with one attached hydrogen (secondary N) is 2. The van der Waals surface area contributed by atoms with Crippen LogP contribution in [0, 0.1) is 5.92 Å². The number of nitrogens with zero attached hydrogens (tertiary/aromatic N) is 3. The van der Waals surface area contributed by atoms with E-state index in [2.05, 4.69) is 38.8 Å². The number of carbonyl (C=O) groups excluding carboxylic acids is 1. The second kappa shape index (κ2) is 9.83. The van der Waals surface area contributed by atoms with Crippen LogP contribution in [-0.4, -0.2) is 61.2 Å². The summed E-state index contributed by atoms with van der Waals surface area (Å²) in [6.45, 7) is 3.36. The van der Waals surface area contributed by atoms with Crippen LogP contribution in [0.4, 0.5) is 17.2 Å². The lowest BCUT2D eigenvalue weighted by Crippen LogP contribution is -2.42. The van der Waals surface area contributed by atoms with E-state index in [1.54, 1.807) is 31.9 Å². The van der Waals surface area contributed by atoms with Crippen LogP contribution in [0.15, 0.2) is 24.5 Å². The predicted octanol–water partition coefficient (Wildman–Crippen LogP) is 4.48. The summed E-state index contributed by atoms with van der Waals surface area (Å²) < 4.78 is 10.9. The van der Waals surface area contributed by atoms with Crippen molar-refractivity contribution in [3.63, 3.8) is 0 Å². The molecular weight excluding hydrogens is 462 g/mol. The third-order valence-electron chi connectivity index (χ3n) is 6.94. The lowest BCUT2D eigenvalue weighted by molar-refractivity contribution is -0.137. The summed E-state index contributed by atoms with van der Waals surface area (Å²) in [5, 5.41) is 7.94. The molecule has 2 aromatic heterocycles. The highest BCUT2D eigenvalue weighted by atomic mass is 32.1. The normalized spacial score (nSPS) is 17.3. The molecular formula is C26H31N5O3S. The average molecular weight is 494 g/mol. The molecule has 1 aliphatic carbocycles. The first-order valence-corrected chi connectivity index (χ1v) is 12.7. The molecule has 1 aliphatic heterocycles. The third kappa shape index (κ3) is 4.46. The van der Waals surface area contributed by atoms with Gasteiger partial charge in [0.15, 0.2) is 0 Å². The first-order valence-electron chi connectivity index (χ1n) is 11.9. The van der Waals surface area contributed by atoms with Crippen molar-refractivity contribution in [1.82, 2.24) is 14.9 Å². The molecule has 2 atom stereocenters. The summed E-state index contributed by atoms with van der Waals surface area (Å²) in [6, 6.07) is 4.14. The third-order valence-corrected chi connectivity index (χ3v) is 8.11. The summed E-state index contributed by atoms with van der Waals surface area (Å²) in [4.78, 5) is 26.3. The van der Waals surface area contributed by atoms with E-state index in [9.17, 15) is 4.79 Å². The van der Waals surface area contributed by atoms with Crippen molar-refractivity contribution in [3.8, 4) is 5.75 Å². The van der Waals surface area contributed by atoms with E-state index in [1.165, 1.54) is 10.4 Å². The van der Waals surface area contributed by atoms with E-state index in [1.807, 2.05) is 24.9 Å². The number of ether oxygens (including phenoxy) is 2. The number of hydrogen-bond acceptors (Lipinski definition) is 8. The highest BCUT2D eigenvalue weighted by molar-refractivity contribution is 7.19. The van der Waals surface area contributed by atoms with E-state index in [0.29, 0.717) is 6.61 Å². The number of amides is 1. The fourth-order valence-electron chi connectivity index (χ4n) is 4.91. The topological polar surface area (TPSA) is 88.6 Å². The summed E-state index contributed by atoms with van der Waals surface area (Å²) in [6.07, 6.45) is 8.18. The molecule has 1 aromatic carbocycles. The molecule has 3 heterocycles. The monoisotopic (exact) mass is 493 g/mol. The zero-order valence-corrected chi connectivity index (χ0v) is 21.4. The molecule has 2 N–H and O–H groups in total. The number of aryl methyl sites for hydroxylation is 1. The van der Waals surface area contributed by atoms with Gasteiger partial charge in [-0.15, -0.1) is 11.3 Å². The van der Waals surface area contributed by atoms with Gasteiger partial charge in [-0.25, -0.2) is 9.97 Å².